The highest BCUT2D eigenvalue weighted by molar-refractivity contribution is 7.99. The lowest BCUT2D eigenvalue weighted by atomic mass is 10.0. The molecule has 1 N–H and O–H groups in total. The minimum atomic E-state index is -0.567. The van der Waals surface area contributed by atoms with Crippen LogP contribution >= 0.6 is 11.8 Å². The number of amides is 2. The normalized spacial score (nSPS) is 11.6. The zero-order valence-electron chi connectivity index (χ0n) is 20.1. The number of aryl methyl sites for hydroxylation is 1. The molecule has 0 aliphatic rings. The molecule has 4 nitrogen and oxygen atoms in total. The second kappa shape index (κ2) is 13.6. The van der Waals surface area contributed by atoms with Crippen LogP contribution in [0.3, 0.4) is 0 Å². The third-order valence-corrected chi connectivity index (χ3v) is 6.76. The molecule has 0 aromatic heterocycles. The van der Waals surface area contributed by atoms with Gasteiger partial charge in [0, 0.05) is 36.6 Å². The summed E-state index contributed by atoms with van der Waals surface area (Å²) in [5, 5.41) is 3.03. The lowest BCUT2D eigenvalue weighted by Gasteiger charge is -2.32. The number of carbonyl (C=O) groups is 2. The number of hydrogen-bond acceptors (Lipinski definition) is 3. The van der Waals surface area contributed by atoms with E-state index in [1.54, 1.807) is 16.7 Å². The maximum atomic E-state index is 13.6. The van der Waals surface area contributed by atoms with Gasteiger partial charge in [0.1, 0.15) is 6.04 Å². The summed E-state index contributed by atoms with van der Waals surface area (Å²) >= 11 is 1.67. The van der Waals surface area contributed by atoms with Gasteiger partial charge in [-0.2, -0.15) is 0 Å². The van der Waals surface area contributed by atoms with Crippen molar-refractivity contribution in [2.45, 2.75) is 50.6 Å². The smallest absolute Gasteiger partial charge is 0.243 e. The van der Waals surface area contributed by atoms with Crippen molar-refractivity contribution in [3.05, 3.63) is 102 Å². The zero-order chi connectivity index (χ0) is 24.2. The number of hydrogen-bond donors (Lipinski definition) is 1. The highest BCUT2D eigenvalue weighted by Crippen LogP contribution is 2.21. The van der Waals surface area contributed by atoms with E-state index in [0.717, 1.165) is 28.0 Å². The standard InChI is InChI=1S/C29H34N2O2S/c1-3-19-30-29(33)27(21-24-13-6-4-7-14-24)31(22-25-15-11-10-12-23(25)2)28(32)18-20-34-26-16-8-5-9-17-26/h4-17,27H,3,18-22H2,1-2H3,(H,30,33)/t27-/m1/s1. The average Bonchev–Trinajstić information content (AvgIpc) is 2.87. The molecule has 0 spiro atoms. The first kappa shape index (κ1) is 25.6. The molecule has 0 radical (unpaired) electrons. The van der Waals surface area contributed by atoms with Gasteiger partial charge in [-0.05, 0) is 42.2 Å². The van der Waals surface area contributed by atoms with Gasteiger partial charge in [-0.1, -0.05) is 79.7 Å². The third kappa shape index (κ3) is 7.77. The fourth-order valence-electron chi connectivity index (χ4n) is 3.81. The zero-order valence-corrected chi connectivity index (χ0v) is 20.9. The summed E-state index contributed by atoms with van der Waals surface area (Å²) in [5.74, 6) is 0.574. The minimum Gasteiger partial charge on any atom is -0.354 e. The van der Waals surface area contributed by atoms with Crippen LogP contribution in [-0.2, 0) is 22.6 Å². The highest BCUT2D eigenvalue weighted by Gasteiger charge is 2.30. The lowest BCUT2D eigenvalue weighted by Crippen LogP contribution is -2.50. The molecule has 1 atom stereocenters. The summed E-state index contributed by atoms with van der Waals surface area (Å²) < 4.78 is 0. The molecule has 0 unspecified atom stereocenters. The Morgan fingerprint density at radius 2 is 1.56 bits per heavy atom. The van der Waals surface area contributed by atoms with Crippen LogP contribution in [0.5, 0.6) is 0 Å². The molecule has 3 aromatic carbocycles. The summed E-state index contributed by atoms with van der Waals surface area (Å²) in [6.45, 7) is 5.09. The van der Waals surface area contributed by atoms with Gasteiger partial charge in [-0.15, -0.1) is 11.8 Å². The Morgan fingerprint density at radius 1 is 0.912 bits per heavy atom. The lowest BCUT2D eigenvalue weighted by molar-refractivity contribution is -0.141. The summed E-state index contributed by atoms with van der Waals surface area (Å²) in [6, 6.07) is 27.5. The predicted octanol–water partition coefficient (Wildman–Crippen LogP) is 5.64. The number of carbonyl (C=O) groups excluding carboxylic acids is 2. The quantitative estimate of drug-likeness (QED) is 0.346. The molecule has 3 rings (SSSR count). The Labute approximate surface area is 207 Å². The van der Waals surface area contributed by atoms with Gasteiger partial charge in [-0.3, -0.25) is 9.59 Å². The van der Waals surface area contributed by atoms with Crippen molar-refractivity contribution in [1.82, 2.24) is 10.2 Å². The monoisotopic (exact) mass is 474 g/mol. The first-order valence-electron chi connectivity index (χ1n) is 11.9. The predicted molar refractivity (Wildman–Crippen MR) is 141 cm³/mol. The second-order valence-corrected chi connectivity index (χ2v) is 9.52. The SMILES string of the molecule is CCCNC(=O)[C@@H](Cc1ccccc1)N(Cc1ccccc1C)C(=O)CCSc1ccccc1. The van der Waals surface area contributed by atoms with Crippen LogP contribution in [0.25, 0.3) is 0 Å². The summed E-state index contributed by atoms with van der Waals surface area (Å²) in [5.41, 5.74) is 3.22. The maximum Gasteiger partial charge on any atom is 0.243 e. The Kier molecular flexibility index (Phi) is 10.2. The molecular weight excluding hydrogens is 440 g/mol. The Bertz CT molecular complexity index is 1040. The van der Waals surface area contributed by atoms with Crippen LogP contribution in [-0.4, -0.2) is 35.1 Å². The van der Waals surface area contributed by atoms with E-state index in [4.69, 9.17) is 0 Å². The first-order chi connectivity index (χ1) is 16.6. The molecular formula is C29H34N2O2S. The summed E-state index contributed by atoms with van der Waals surface area (Å²) in [7, 11) is 0. The van der Waals surface area contributed by atoms with Crippen molar-refractivity contribution in [1.29, 1.82) is 0 Å². The number of rotatable bonds is 12. The van der Waals surface area contributed by atoms with Crippen LogP contribution in [0.2, 0.25) is 0 Å². The van der Waals surface area contributed by atoms with Crippen LogP contribution in [0.4, 0.5) is 0 Å². The van der Waals surface area contributed by atoms with E-state index in [-0.39, 0.29) is 11.8 Å². The van der Waals surface area contributed by atoms with Gasteiger partial charge in [0.2, 0.25) is 11.8 Å². The van der Waals surface area contributed by atoms with E-state index in [0.29, 0.717) is 31.7 Å². The third-order valence-electron chi connectivity index (χ3n) is 5.75. The fraction of sp³-hybridized carbons (Fsp3) is 0.310. The van der Waals surface area contributed by atoms with Crippen molar-refractivity contribution in [2.24, 2.45) is 0 Å². The van der Waals surface area contributed by atoms with Gasteiger partial charge < -0.3 is 10.2 Å². The average molecular weight is 475 g/mol. The van der Waals surface area contributed by atoms with E-state index < -0.39 is 6.04 Å². The fourth-order valence-corrected chi connectivity index (χ4v) is 4.67. The van der Waals surface area contributed by atoms with Crippen LogP contribution in [0.1, 0.15) is 36.5 Å². The number of nitrogens with one attached hydrogen (secondary N) is 1. The number of nitrogens with zero attached hydrogens (tertiary/aromatic N) is 1. The van der Waals surface area contributed by atoms with Crippen molar-refractivity contribution in [3.63, 3.8) is 0 Å². The molecule has 0 heterocycles. The molecule has 2 amide bonds. The van der Waals surface area contributed by atoms with E-state index >= 15 is 0 Å². The Balaban J connectivity index is 1.84. The molecule has 5 heteroatoms. The van der Waals surface area contributed by atoms with Crippen LogP contribution in [0, 0.1) is 6.92 Å². The van der Waals surface area contributed by atoms with Crippen LogP contribution < -0.4 is 5.32 Å². The van der Waals surface area contributed by atoms with Gasteiger partial charge in [0.25, 0.3) is 0 Å². The van der Waals surface area contributed by atoms with Crippen molar-refractivity contribution in [3.8, 4) is 0 Å². The Hall–Kier alpha value is -3.05. The van der Waals surface area contributed by atoms with E-state index in [2.05, 4.69) is 17.4 Å². The second-order valence-electron chi connectivity index (χ2n) is 8.36. The molecule has 0 aliphatic heterocycles. The molecule has 178 valence electrons. The topological polar surface area (TPSA) is 49.4 Å². The molecule has 34 heavy (non-hydrogen) atoms. The largest absolute Gasteiger partial charge is 0.354 e. The molecule has 0 fully saturated rings. The van der Waals surface area contributed by atoms with Gasteiger partial charge in [0.05, 0.1) is 0 Å². The van der Waals surface area contributed by atoms with Gasteiger partial charge in [-0.25, -0.2) is 0 Å². The van der Waals surface area contributed by atoms with Gasteiger partial charge >= 0.3 is 0 Å². The maximum absolute atomic E-state index is 13.6. The number of benzene rings is 3. The van der Waals surface area contributed by atoms with Crippen molar-refractivity contribution >= 4 is 23.6 Å². The molecule has 0 bridgehead atoms. The van der Waals surface area contributed by atoms with Crippen LogP contribution in [0.15, 0.2) is 89.8 Å². The van der Waals surface area contributed by atoms with E-state index in [9.17, 15) is 9.59 Å². The minimum absolute atomic E-state index is 0.000682. The Morgan fingerprint density at radius 3 is 2.24 bits per heavy atom. The molecule has 0 saturated heterocycles. The van der Waals surface area contributed by atoms with Crippen molar-refractivity contribution in [2.75, 3.05) is 12.3 Å². The summed E-state index contributed by atoms with van der Waals surface area (Å²) in [6.07, 6.45) is 1.71. The molecule has 3 aromatic rings. The highest BCUT2D eigenvalue weighted by atomic mass is 32.2. The van der Waals surface area contributed by atoms with E-state index in [1.807, 2.05) is 86.6 Å². The van der Waals surface area contributed by atoms with E-state index in [1.165, 1.54) is 0 Å². The number of thioether (sulfide) groups is 1. The molecule has 0 aliphatic carbocycles. The first-order valence-corrected chi connectivity index (χ1v) is 12.9. The molecule has 0 saturated carbocycles. The summed E-state index contributed by atoms with van der Waals surface area (Å²) in [4.78, 5) is 29.8. The van der Waals surface area contributed by atoms with Crippen molar-refractivity contribution < 1.29 is 9.59 Å². The van der Waals surface area contributed by atoms with Gasteiger partial charge in [0.15, 0.2) is 0 Å².